The van der Waals surface area contributed by atoms with Gasteiger partial charge in [0.25, 0.3) is 0 Å². The van der Waals surface area contributed by atoms with Gasteiger partial charge in [0.1, 0.15) is 5.70 Å². The van der Waals surface area contributed by atoms with E-state index in [0.717, 1.165) is 24.1 Å². The summed E-state index contributed by atoms with van der Waals surface area (Å²) in [6, 6.07) is 3.54. The van der Waals surface area contributed by atoms with Crippen LogP contribution in [0, 0.1) is 5.95 Å². The fraction of sp³-hybridized carbons (Fsp3) is 0.308. The normalized spacial score (nSPS) is 22.3. The van der Waals surface area contributed by atoms with Gasteiger partial charge in [0.15, 0.2) is 0 Å². The Labute approximate surface area is 131 Å². The molecule has 0 spiro atoms. The molecule has 22 heavy (non-hydrogen) atoms. The van der Waals surface area contributed by atoms with Crippen LogP contribution >= 0.6 is 12.4 Å². The molecule has 0 aromatic carbocycles. The summed E-state index contributed by atoms with van der Waals surface area (Å²) in [5.74, 6) is 0.0239. The van der Waals surface area contributed by atoms with Crippen molar-refractivity contribution >= 4 is 12.4 Å². The van der Waals surface area contributed by atoms with Crippen molar-refractivity contribution in [3.8, 4) is 0 Å². The fourth-order valence-corrected chi connectivity index (χ4v) is 2.83. The van der Waals surface area contributed by atoms with Gasteiger partial charge in [-0.3, -0.25) is 0 Å². The van der Waals surface area contributed by atoms with Gasteiger partial charge < -0.3 is 0 Å². The maximum atomic E-state index is 13.9. The maximum absolute atomic E-state index is 13.9. The number of aromatic nitrogens is 1. The van der Waals surface area contributed by atoms with Crippen LogP contribution in [0.2, 0.25) is 0 Å². The number of rotatable bonds is 1. The van der Waals surface area contributed by atoms with Crippen LogP contribution in [0.25, 0.3) is 0 Å². The molecule has 3 aliphatic rings. The Morgan fingerprint density at radius 1 is 1.09 bits per heavy atom. The van der Waals surface area contributed by atoms with Gasteiger partial charge in [0, 0.05) is 17.3 Å². The highest BCUT2D eigenvalue weighted by Gasteiger charge is 2.31. The molecule has 1 aromatic heterocycles. The number of hydrogen-bond donors (Lipinski definition) is 0. The summed E-state index contributed by atoms with van der Waals surface area (Å²) in [5, 5.41) is 22.9. The van der Waals surface area contributed by atoms with E-state index >= 15 is 0 Å². The minimum absolute atomic E-state index is 0. The Hall–Kier alpha value is -2.35. The molecule has 0 bridgehead atoms. The number of allylic oxidation sites excluding steroid dienone is 2. The van der Waals surface area contributed by atoms with Gasteiger partial charge in [-0.2, -0.15) is 9.50 Å². The predicted molar refractivity (Wildman–Crippen MR) is 76.7 cm³/mol. The monoisotopic (exact) mass is 319 g/mol. The second-order valence-corrected chi connectivity index (χ2v) is 5.00. The minimum Gasteiger partial charge on any atom is -0.228 e. The van der Waals surface area contributed by atoms with E-state index < -0.39 is 5.95 Å². The Balaban J connectivity index is 0.00000144. The molecule has 0 amide bonds. The van der Waals surface area contributed by atoms with E-state index in [9.17, 15) is 4.39 Å². The van der Waals surface area contributed by atoms with Crippen molar-refractivity contribution in [1.29, 1.82) is 0 Å². The Morgan fingerprint density at radius 3 is 2.68 bits per heavy atom. The Bertz CT molecular complexity index is 751. The smallest absolute Gasteiger partial charge is 0.227 e. The average molecular weight is 320 g/mol. The van der Waals surface area contributed by atoms with E-state index in [0.29, 0.717) is 23.5 Å². The van der Waals surface area contributed by atoms with Crippen LogP contribution in [0.15, 0.2) is 72.0 Å². The first kappa shape index (κ1) is 14.6. The molecule has 2 aliphatic heterocycles. The van der Waals surface area contributed by atoms with E-state index in [-0.39, 0.29) is 18.3 Å². The predicted octanol–water partition coefficient (Wildman–Crippen LogP) is 4.63. The largest absolute Gasteiger partial charge is 0.228 e. The van der Waals surface area contributed by atoms with Crippen LogP contribution in [-0.2, 0) is 0 Å². The van der Waals surface area contributed by atoms with Gasteiger partial charge >= 0.3 is 0 Å². The summed E-state index contributed by atoms with van der Waals surface area (Å²) in [5.41, 5.74) is 3.12. The molecule has 0 N–H and O–H groups in total. The number of pyridine rings is 1. The Kier molecular flexibility index (Phi) is 3.84. The molecule has 7 nitrogen and oxygen atoms in total. The third-order valence-corrected chi connectivity index (χ3v) is 3.84. The summed E-state index contributed by atoms with van der Waals surface area (Å²) < 4.78 is 13.9. The zero-order chi connectivity index (χ0) is 14.2. The first-order valence-electron chi connectivity index (χ1n) is 6.63. The maximum Gasteiger partial charge on any atom is 0.227 e. The molecule has 1 unspecified atom stereocenters. The van der Waals surface area contributed by atoms with Crippen molar-refractivity contribution in [3.05, 3.63) is 52.6 Å². The zero-order valence-corrected chi connectivity index (χ0v) is 12.2. The third kappa shape index (κ3) is 2.35. The molecule has 0 saturated heterocycles. The van der Waals surface area contributed by atoms with Crippen LogP contribution in [0.4, 0.5) is 4.39 Å². The van der Waals surface area contributed by atoms with Crippen molar-refractivity contribution < 1.29 is 4.39 Å². The topological polar surface area (TPSA) is 87.0 Å². The van der Waals surface area contributed by atoms with Crippen LogP contribution in [-0.4, -0.2) is 4.98 Å². The summed E-state index contributed by atoms with van der Waals surface area (Å²) in [6.45, 7) is 0. The van der Waals surface area contributed by atoms with Crippen molar-refractivity contribution in [2.75, 3.05) is 0 Å². The van der Waals surface area contributed by atoms with Crippen molar-refractivity contribution in [1.82, 2.24) is 4.98 Å². The van der Waals surface area contributed by atoms with Gasteiger partial charge in [-0.1, -0.05) is 6.07 Å². The van der Waals surface area contributed by atoms with Crippen molar-refractivity contribution in [3.63, 3.8) is 0 Å². The van der Waals surface area contributed by atoms with E-state index in [4.69, 9.17) is 0 Å². The van der Waals surface area contributed by atoms with E-state index in [1.54, 1.807) is 12.1 Å². The second-order valence-electron chi connectivity index (χ2n) is 5.00. The molecule has 1 aliphatic carbocycles. The lowest BCUT2D eigenvalue weighted by atomic mass is 9.82. The molecule has 112 valence electrons. The first-order chi connectivity index (χ1) is 10.3. The number of nitrogens with zero attached hydrogens (tertiary/aromatic N) is 7. The number of hydrogen-bond acceptors (Lipinski definition) is 7. The molecule has 4 rings (SSSR count). The fourth-order valence-electron chi connectivity index (χ4n) is 2.83. The SMILES string of the molecule is Cl.Fc1ncccc1C1CCC2=C(C1)C(=C1N=NN=N1)N=N2. The lowest BCUT2D eigenvalue weighted by Gasteiger charge is -2.22. The standard InChI is InChI=1S/C13H10FN7.ClH/c14-12-8(2-1-5-15-12)7-3-4-10-9(6-7)11(17-16-10)13-18-20-21-19-13;/h1-2,5,7H,3-4,6H2;1H. The minimum atomic E-state index is -0.409. The third-order valence-electron chi connectivity index (χ3n) is 3.84. The van der Waals surface area contributed by atoms with Crippen LogP contribution in [0.3, 0.4) is 0 Å². The van der Waals surface area contributed by atoms with E-state index in [1.165, 1.54) is 6.20 Å². The highest BCUT2D eigenvalue weighted by molar-refractivity contribution is 5.85. The van der Waals surface area contributed by atoms with Gasteiger partial charge in [0.05, 0.1) is 5.70 Å². The van der Waals surface area contributed by atoms with Crippen LogP contribution in [0.5, 0.6) is 0 Å². The summed E-state index contributed by atoms with van der Waals surface area (Å²) in [7, 11) is 0. The summed E-state index contributed by atoms with van der Waals surface area (Å²) in [6.07, 6.45) is 3.68. The van der Waals surface area contributed by atoms with E-state index in [1.807, 2.05) is 0 Å². The first-order valence-corrected chi connectivity index (χ1v) is 6.63. The lowest BCUT2D eigenvalue weighted by molar-refractivity contribution is 0.511. The molecular weight excluding hydrogens is 309 g/mol. The van der Waals surface area contributed by atoms with Crippen LogP contribution < -0.4 is 0 Å². The summed E-state index contributed by atoms with van der Waals surface area (Å²) in [4.78, 5) is 3.73. The van der Waals surface area contributed by atoms with Crippen LogP contribution in [0.1, 0.15) is 30.7 Å². The summed E-state index contributed by atoms with van der Waals surface area (Å²) >= 11 is 0. The highest BCUT2D eigenvalue weighted by atomic mass is 35.5. The average Bonchev–Trinajstić information content (AvgIpc) is 3.16. The number of azo groups is 1. The quantitative estimate of drug-likeness (QED) is 0.694. The van der Waals surface area contributed by atoms with Gasteiger partial charge in [-0.15, -0.1) is 27.7 Å². The molecular formula is C13H11ClFN7. The molecule has 0 radical (unpaired) electrons. The van der Waals surface area contributed by atoms with Gasteiger partial charge in [0.2, 0.25) is 11.8 Å². The Morgan fingerprint density at radius 2 is 1.91 bits per heavy atom. The van der Waals surface area contributed by atoms with E-state index in [2.05, 4.69) is 35.9 Å². The molecule has 0 fully saturated rings. The second kappa shape index (κ2) is 5.80. The highest BCUT2D eigenvalue weighted by Crippen LogP contribution is 2.44. The molecule has 1 atom stereocenters. The molecule has 0 saturated carbocycles. The van der Waals surface area contributed by atoms with Crippen molar-refractivity contribution in [2.45, 2.75) is 25.2 Å². The lowest BCUT2D eigenvalue weighted by Crippen LogP contribution is -2.10. The van der Waals surface area contributed by atoms with Gasteiger partial charge in [-0.05, 0) is 41.7 Å². The van der Waals surface area contributed by atoms with Crippen molar-refractivity contribution in [2.24, 2.45) is 30.9 Å². The van der Waals surface area contributed by atoms with Gasteiger partial charge in [-0.25, -0.2) is 4.98 Å². The zero-order valence-electron chi connectivity index (χ0n) is 11.3. The molecule has 9 heteroatoms. The molecule has 3 heterocycles. The number of halogens is 2. The molecule has 1 aromatic rings.